The smallest absolute Gasteiger partial charge is 0.263 e. The molecule has 0 fully saturated rings. The first-order valence-corrected chi connectivity index (χ1v) is 9.79. The predicted octanol–water partition coefficient (Wildman–Crippen LogP) is 0.732. The van der Waals surface area contributed by atoms with Gasteiger partial charge in [-0.15, -0.1) is 0 Å². The summed E-state index contributed by atoms with van der Waals surface area (Å²) in [6.45, 7) is -0.996. The highest BCUT2D eigenvalue weighted by molar-refractivity contribution is 6.25. The molecule has 33 heavy (non-hydrogen) atoms. The Hall–Kier alpha value is -4.38. The number of ether oxygens (including phenoxy) is 1. The number of imide groups is 2. The van der Waals surface area contributed by atoms with Gasteiger partial charge in [0.1, 0.15) is 13.2 Å². The highest BCUT2D eigenvalue weighted by Crippen LogP contribution is 2.29. The molecule has 0 atom stereocenters. The van der Waals surface area contributed by atoms with Gasteiger partial charge in [-0.1, -0.05) is 12.1 Å². The Labute approximate surface area is 187 Å². The summed E-state index contributed by atoms with van der Waals surface area (Å²) >= 11 is 0. The van der Waals surface area contributed by atoms with Crippen molar-refractivity contribution in [2.24, 2.45) is 0 Å². The van der Waals surface area contributed by atoms with Crippen molar-refractivity contribution >= 4 is 46.8 Å². The maximum atomic E-state index is 12.3. The molecular weight excluding hydrogens is 432 g/mol. The van der Waals surface area contributed by atoms with E-state index in [4.69, 9.17) is 4.74 Å². The van der Waals surface area contributed by atoms with E-state index in [2.05, 4.69) is 10.6 Å². The molecule has 0 saturated carbocycles. The topological polar surface area (TPSA) is 142 Å². The van der Waals surface area contributed by atoms with Gasteiger partial charge in [0.25, 0.3) is 23.6 Å². The first-order chi connectivity index (χ1) is 15.7. The maximum Gasteiger partial charge on any atom is 0.263 e. The molecule has 0 unspecified atom stereocenters. The molecule has 2 aromatic rings. The van der Waals surface area contributed by atoms with Crippen LogP contribution in [0.25, 0.3) is 0 Å². The summed E-state index contributed by atoms with van der Waals surface area (Å²) in [6.07, 6.45) is 0. The van der Waals surface area contributed by atoms with Crippen molar-refractivity contribution in [1.82, 2.24) is 9.80 Å². The summed E-state index contributed by atoms with van der Waals surface area (Å²) in [5.41, 5.74) is 0.904. The van der Waals surface area contributed by atoms with Gasteiger partial charge in [0, 0.05) is 14.1 Å². The lowest BCUT2D eigenvalue weighted by Crippen LogP contribution is -2.26. The zero-order valence-electron chi connectivity index (χ0n) is 17.6. The Bertz CT molecular complexity index is 1160. The second-order valence-corrected chi connectivity index (χ2v) is 7.38. The van der Waals surface area contributed by atoms with Gasteiger partial charge in [-0.2, -0.15) is 0 Å². The lowest BCUT2D eigenvalue weighted by Gasteiger charge is -2.10. The summed E-state index contributed by atoms with van der Waals surface area (Å²) in [4.78, 5) is 75.0. The van der Waals surface area contributed by atoms with E-state index in [1.807, 2.05) is 0 Å². The second-order valence-electron chi connectivity index (χ2n) is 7.38. The first kappa shape index (κ1) is 21.8. The molecule has 0 aromatic heterocycles. The van der Waals surface area contributed by atoms with Crippen molar-refractivity contribution in [2.45, 2.75) is 0 Å². The first-order valence-electron chi connectivity index (χ1n) is 9.79. The minimum atomic E-state index is -0.631. The molecule has 0 spiro atoms. The van der Waals surface area contributed by atoms with E-state index in [0.29, 0.717) is 0 Å². The van der Waals surface area contributed by atoms with Gasteiger partial charge >= 0.3 is 0 Å². The van der Waals surface area contributed by atoms with E-state index in [0.717, 1.165) is 9.80 Å². The second kappa shape index (κ2) is 8.28. The fraction of sp³-hybridized carbons (Fsp3) is 0.182. The molecule has 0 bridgehead atoms. The number of hydrogen-bond acceptors (Lipinski definition) is 7. The average Bonchev–Trinajstić information content (AvgIpc) is 3.15. The van der Waals surface area contributed by atoms with Crippen LogP contribution in [0.3, 0.4) is 0 Å². The van der Waals surface area contributed by atoms with Crippen LogP contribution in [-0.2, 0) is 14.3 Å². The third-order valence-corrected chi connectivity index (χ3v) is 5.25. The largest absolute Gasteiger partial charge is 0.362 e. The van der Waals surface area contributed by atoms with Crippen LogP contribution >= 0.6 is 0 Å². The summed E-state index contributed by atoms with van der Waals surface area (Å²) in [6, 6.07) is 9.03. The van der Waals surface area contributed by atoms with Gasteiger partial charge in [0.2, 0.25) is 11.8 Å². The standard InChI is InChI=1S/C22H18N4O7/c1-25-19(29)11-5-3-7-13(17(11)21(25)31)23-15(27)9-33-10-16(28)24-14-8-4-6-12-18(14)22(32)26(2)20(12)30/h3-8H,9-10H2,1-2H3,(H,23,27)(H,24,28). The number of rotatable bonds is 6. The van der Waals surface area contributed by atoms with Crippen molar-refractivity contribution in [3.8, 4) is 0 Å². The zero-order chi connectivity index (χ0) is 23.9. The van der Waals surface area contributed by atoms with Gasteiger partial charge in [-0.25, -0.2) is 0 Å². The molecule has 2 N–H and O–H groups in total. The Kier molecular flexibility index (Phi) is 5.48. The highest BCUT2D eigenvalue weighted by atomic mass is 16.5. The number of fused-ring (bicyclic) bond motifs is 2. The molecule has 0 radical (unpaired) electrons. The molecule has 168 valence electrons. The fourth-order valence-electron chi connectivity index (χ4n) is 3.62. The van der Waals surface area contributed by atoms with Crippen LogP contribution in [-0.4, -0.2) is 72.6 Å². The SMILES string of the molecule is CN1C(=O)c2cccc(NC(=O)COCC(=O)Nc3cccc4c3C(=O)N(C)C4=O)c2C1=O. The van der Waals surface area contributed by atoms with Crippen LogP contribution < -0.4 is 10.6 Å². The minimum Gasteiger partial charge on any atom is -0.362 e. The summed E-state index contributed by atoms with van der Waals surface area (Å²) in [7, 11) is 2.70. The van der Waals surface area contributed by atoms with Crippen LogP contribution in [0.15, 0.2) is 36.4 Å². The molecule has 4 rings (SSSR count). The fourth-order valence-corrected chi connectivity index (χ4v) is 3.62. The van der Waals surface area contributed by atoms with Crippen molar-refractivity contribution in [2.75, 3.05) is 37.9 Å². The van der Waals surface area contributed by atoms with Crippen LogP contribution in [0.4, 0.5) is 11.4 Å². The maximum absolute atomic E-state index is 12.3. The zero-order valence-corrected chi connectivity index (χ0v) is 17.6. The molecular formula is C22H18N4O7. The Morgan fingerprint density at radius 1 is 0.697 bits per heavy atom. The third-order valence-electron chi connectivity index (χ3n) is 5.25. The minimum absolute atomic E-state index is 0.0956. The van der Waals surface area contributed by atoms with Crippen molar-refractivity contribution in [3.63, 3.8) is 0 Å². The summed E-state index contributed by atoms with van der Waals surface area (Å²) < 4.78 is 5.13. The van der Waals surface area contributed by atoms with Gasteiger partial charge in [0.05, 0.1) is 33.6 Å². The van der Waals surface area contributed by atoms with Gasteiger partial charge in [-0.3, -0.25) is 38.6 Å². The quantitative estimate of drug-likeness (QED) is 0.618. The molecule has 6 amide bonds. The Balaban J connectivity index is 1.34. The van der Waals surface area contributed by atoms with Gasteiger partial charge in [-0.05, 0) is 24.3 Å². The third kappa shape index (κ3) is 3.74. The average molecular weight is 450 g/mol. The molecule has 11 nitrogen and oxygen atoms in total. The van der Waals surface area contributed by atoms with Crippen LogP contribution in [0.1, 0.15) is 41.4 Å². The van der Waals surface area contributed by atoms with Gasteiger partial charge in [0.15, 0.2) is 0 Å². The van der Waals surface area contributed by atoms with E-state index >= 15 is 0 Å². The van der Waals surface area contributed by atoms with Crippen LogP contribution in [0.2, 0.25) is 0 Å². The van der Waals surface area contributed by atoms with E-state index < -0.39 is 48.7 Å². The van der Waals surface area contributed by atoms with E-state index in [1.54, 1.807) is 0 Å². The van der Waals surface area contributed by atoms with Crippen molar-refractivity contribution < 1.29 is 33.5 Å². The van der Waals surface area contributed by atoms with E-state index in [9.17, 15) is 28.8 Å². The molecule has 2 aliphatic rings. The number of nitrogens with one attached hydrogen (secondary N) is 2. The van der Waals surface area contributed by atoms with Crippen LogP contribution in [0.5, 0.6) is 0 Å². The van der Waals surface area contributed by atoms with Crippen molar-refractivity contribution in [1.29, 1.82) is 0 Å². The molecule has 2 aromatic carbocycles. The van der Waals surface area contributed by atoms with Crippen LogP contribution in [0, 0.1) is 0 Å². The molecule has 0 saturated heterocycles. The normalized spacial score (nSPS) is 14.5. The Morgan fingerprint density at radius 3 is 1.48 bits per heavy atom. The predicted molar refractivity (Wildman–Crippen MR) is 114 cm³/mol. The molecule has 11 heteroatoms. The van der Waals surface area contributed by atoms with Crippen molar-refractivity contribution in [3.05, 3.63) is 58.7 Å². The van der Waals surface area contributed by atoms with E-state index in [1.165, 1.54) is 50.5 Å². The Morgan fingerprint density at radius 2 is 1.09 bits per heavy atom. The number of carbonyl (C=O) groups is 6. The number of hydrogen-bond donors (Lipinski definition) is 2. The summed E-state index contributed by atoms with van der Waals surface area (Å²) in [5, 5.41) is 5.01. The summed E-state index contributed by atoms with van der Waals surface area (Å²) in [5.74, 6) is -3.24. The highest BCUT2D eigenvalue weighted by Gasteiger charge is 2.36. The lowest BCUT2D eigenvalue weighted by atomic mass is 10.1. The number of carbonyl (C=O) groups excluding carboxylic acids is 6. The number of anilines is 2. The molecule has 0 aliphatic carbocycles. The lowest BCUT2D eigenvalue weighted by molar-refractivity contribution is -0.125. The van der Waals surface area contributed by atoms with E-state index in [-0.39, 0.29) is 33.6 Å². The number of amides is 6. The monoisotopic (exact) mass is 450 g/mol. The molecule has 2 heterocycles. The molecule has 2 aliphatic heterocycles. The number of benzene rings is 2. The number of nitrogens with zero attached hydrogens (tertiary/aromatic N) is 2. The van der Waals surface area contributed by atoms with Gasteiger partial charge < -0.3 is 15.4 Å².